The molecule has 2 N–H and O–H groups in total. The number of nitrogens with one attached hydrogen (secondary N) is 1. The van der Waals surface area contributed by atoms with Crippen molar-refractivity contribution in [1.82, 2.24) is 5.32 Å². The van der Waals surface area contributed by atoms with E-state index in [0.29, 0.717) is 6.54 Å². The third-order valence-corrected chi connectivity index (χ3v) is 2.64. The maximum Gasteiger partial charge on any atom is 0.265 e. The number of carbonyl (C=O) groups is 1. The van der Waals surface area contributed by atoms with Crippen molar-refractivity contribution in [2.45, 2.75) is 19.8 Å². The van der Waals surface area contributed by atoms with E-state index in [9.17, 15) is 4.79 Å². The molecule has 0 aliphatic rings. The topological polar surface area (TPSA) is 73.1 Å². The molecule has 0 aliphatic carbocycles. The zero-order valence-electron chi connectivity index (χ0n) is 10.5. The fourth-order valence-corrected chi connectivity index (χ4v) is 1.53. The number of carbonyl (C=O) groups excluding carboxylic acids is 1. The van der Waals surface area contributed by atoms with Crippen LogP contribution in [0.25, 0.3) is 0 Å². The van der Waals surface area contributed by atoms with Gasteiger partial charge in [0.2, 0.25) is 0 Å². The van der Waals surface area contributed by atoms with E-state index in [1.54, 1.807) is 6.07 Å². The number of amides is 1. The van der Waals surface area contributed by atoms with E-state index < -0.39 is 5.91 Å². The third-order valence-electron chi connectivity index (χ3n) is 2.64. The quantitative estimate of drug-likeness (QED) is 0.484. The number of benzene rings is 1. The molecular formula is C14H16N2O2. The fraction of sp³-hybridized carbons (Fsp3) is 0.286. The predicted molar refractivity (Wildman–Crippen MR) is 68.8 cm³/mol. The lowest BCUT2D eigenvalue weighted by Crippen LogP contribution is -2.29. The first-order valence-corrected chi connectivity index (χ1v) is 5.69. The normalized spacial score (nSPS) is 13.2. The minimum absolute atomic E-state index is 0.147. The first-order valence-electron chi connectivity index (χ1n) is 5.69. The number of hydrogen-bond donors (Lipinski definition) is 2. The minimum atomic E-state index is -0.541. The monoisotopic (exact) mass is 244 g/mol. The summed E-state index contributed by atoms with van der Waals surface area (Å²) in [7, 11) is 0. The predicted octanol–water partition coefficient (Wildman–Crippen LogP) is 2.26. The Morgan fingerprint density at radius 2 is 2.06 bits per heavy atom. The maximum atomic E-state index is 11.6. The van der Waals surface area contributed by atoms with Gasteiger partial charge in [0.1, 0.15) is 11.8 Å². The van der Waals surface area contributed by atoms with Crippen LogP contribution in [-0.2, 0) is 4.79 Å². The summed E-state index contributed by atoms with van der Waals surface area (Å²) in [6, 6.07) is 11.4. The number of nitriles is 1. The van der Waals surface area contributed by atoms with Crippen molar-refractivity contribution in [2.75, 3.05) is 6.54 Å². The molecular weight excluding hydrogens is 228 g/mol. The fourth-order valence-electron chi connectivity index (χ4n) is 1.53. The second kappa shape index (κ2) is 6.45. The van der Waals surface area contributed by atoms with Gasteiger partial charge in [0.25, 0.3) is 5.91 Å². The molecule has 0 aliphatic heterocycles. The van der Waals surface area contributed by atoms with Gasteiger partial charge in [-0.15, -0.1) is 0 Å². The molecule has 4 nitrogen and oxygen atoms in total. The number of hydrogen-bond acceptors (Lipinski definition) is 3. The van der Waals surface area contributed by atoms with Gasteiger partial charge in [-0.05, 0) is 18.4 Å². The lowest BCUT2D eigenvalue weighted by atomic mass is 10.0. The maximum absolute atomic E-state index is 11.6. The summed E-state index contributed by atoms with van der Waals surface area (Å²) in [6.45, 7) is 3.72. The van der Waals surface area contributed by atoms with E-state index in [-0.39, 0.29) is 17.3 Å². The molecule has 1 unspecified atom stereocenters. The van der Waals surface area contributed by atoms with Crippen molar-refractivity contribution >= 4 is 5.91 Å². The van der Waals surface area contributed by atoms with Gasteiger partial charge in [-0.2, -0.15) is 5.26 Å². The number of aliphatic hydroxyl groups is 1. The van der Waals surface area contributed by atoms with E-state index in [1.165, 1.54) is 6.92 Å². The van der Waals surface area contributed by atoms with Crippen molar-refractivity contribution in [3.8, 4) is 6.07 Å². The Bertz CT molecular complexity index is 482. The molecule has 0 saturated carbocycles. The van der Waals surface area contributed by atoms with Gasteiger partial charge < -0.3 is 10.4 Å². The average Bonchev–Trinajstić information content (AvgIpc) is 2.37. The van der Waals surface area contributed by atoms with Crippen LogP contribution in [0.1, 0.15) is 25.3 Å². The van der Waals surface area contributed by atoms with Gasteiger partial charge in [0.15, 0.2) is 5.57 Å². The van der Waals surface area contributed by atoms with Gasteiger partial charge in [0.05, 0.1) is 0 Å². The van der Waals surface area contributed by atoms with Gasteiger partial charge in [-0.1, -0.05) is 37.3 Å². The van der Waals surface area contributed by atoms with Crippen LogP contribution in [0, 0.1) is 11.3 Å². The van der Waals surface area contributed by atoms with Crippen LogP contribution in [0.15, 0.2) is 41.7 Å². The molecule has 94 valence electrons. The van der Waals surface area contributed by atoms with E-state index in [4.69, 9.17) is 10.4 Å². The van der Waals surface area contributed by atoms with E-state index in [1.807, 2.05) is 37.3 Å². The molecule has 0 saturated heterocycles. The highest BCUT2D eigenvalue weighted by atomic mass is 16.3. The highest BCUT2D eigenvalue weighted by molar-refractivity contribution is 5.97. The first-order chi connectivity index (χ1) is 8.56. The number of aliphatic hydroxyl groups excluding tert-OH is 1. The zero-order valence-corrected chi connectivity index (χ0v) is 10.5. The van der Waals surface area contributed by atoms with Gasteiger partial charge in [-0.3, -0.25) is 4.79 Å². The molecule has 0 heterocycles. The number of allylic oxidation sites excluding steroid dienone is 1. The smallest absolute Gasteiger partial charge is 0.265 e. The largest absolute Gasteiger partial charge is 0.511 e. The summed E-state index contributed by atoms with van der Waals surface area (Å²) in [5, 5.41) is 20.5. The van der Waals surface area contributed by atoms with Crippen molar-refractivity contribution in [2.24, 2.45) is 0 Å². The summed E-state index contributed by atoms with van der Waals surface area (Å²) in [6.07, 6.45) is 0. The molecule has 0 fully saturated rings. The Labute approximate surface area is 107 Å². The van der Waals surface area contributed by atoms with Crippen LogP contribution in [0.2, 0.25) is 0 Å². The van der Waals surface area contributed by atoms with Crippen LogP contribution in [0.4, 0.5) is 0 Å². The third kappa shape index (κ3) is 3.63. The van der Waals surface area contributed by atoms with Gasteiger partial charge in [0, 0.05) is 6.54 Å². The summed E-state index contributed by atoms with van der Waals surface area (Å²) in [4.78, 5) is 11.6. The molecule has 4 heteroatoms. The molecule has 0 aromatic heterocycles. The van der Waals surface area contributed by atoms with Crippen LogP contribution < -0.4 is 5.32 Å². The molecule has 1 aromatic carbocycles. The molecule has 0 bridgehead atoms. The van der Waals surface area contributed by atoms with Crippen LogP contribution in [0.3, 0.4) is 0 Å². The molecule has 1 aromatic rings. The Hall–Kier alpha value is -2.28. The highest BCUT2D eigenvalue weighted by Gasteiger charge is 2.13. The number of rotatable bonds is 4. The minimum Gasteiger partial charge on any atom is -0.511 e. The Balaban J connectivity index is 2.60. The summed E-state index contributed by atoms with van der Waals surface area (Å²) < 4.78 is 0. The molecule has 1 amide bonds. The highest BCUT2D eigenvalue weighted by Crippen LogP contribution is 2.13. The molecule has 1 rings (SSSR count). The molecule has 0 radical (unpaired) electrons. The van der Waals surface area contributed by atoms with Gasteiger partial charge >= 0.3 is 0 Å². The molecule has 1 atom stereocenters. The second-order valence-corrected chi connectivity index (χ2v) is 4.09. The Morgan fingerprint density at radius 3 is 2.56 bits per heavy atom. The first kappa shape index (κ1) is 13.8. The average molecular weight is 244 g/mol. The summed E-state index contributed by atoms with van der Waals surface area (Å²) in [5.74, 6) is -0.656. The van der Waals surface area contributed by atoms with Crippen molar-refractivity contribution in [3.05, 3.63) is 47.2 Å². The second-order valence-electron chi connectivity index (χ2n) is 4.09. The standard InChI is InChI=1S/C14H16N2O2/c1-10(12-6-4-3-5-7-12)9-16-14(18)13(8-15)11(2)17/h3-7,10,17H,9H2,1-2H3,(H,16,18)/b13-11-. The lowest BCUT2D eigenvalue weighted by Gasteiger charge is -2.12. The number of nitrogens with zero attached hydrogens (tertiary/aromatic N) is 1. The van der Waals surface area contributed by atoms with E-state index in [0.717, 1.165) is 5.56 Å². The van der Waals surface area contributed by atoms with Crippen LogP contribution >= 0.6 is 0 Å². The lowest BCUT2D eigenvalue weighted by molar-refractivity contribution is -0.117. The molecule has 0 spiro atoms. The van der Waals surface area contributed by atoms with Crippen LogP contribution in [-0.4, -0.2) is 17.6 Å². The van der Waals surface area contributed by atoms with E-state index in [2.05, 4.69) is 5.32 Å². The summed E-state index contributed by atoms with van der Waals surface area (Å²) >= 11 is 0. The van der Waals surface area contributed by atoms with Crippen LogP contribution in [0.5, 0.6) is 0 Å². The SMILES string of the molecule is C/C(O)=C(\C#N)C(=O)NCC(C)c1ccccc1. The van der Waals surface area contributed by atoms with Crippen molar-refractivity contribution < 1.29 is 9.90 Å². The summed E-state index contributed by atoms with van der Waals surface area (Å²) in [5.41, 5.74) is 0.872. The van der Waals surface area contributed by atoms with Crippen molar-refractivity contribution in [3.63, 3.8) is 0 Å². The Kier molecular flexibility index (Phi) is 4.94. The van der Waals surface area contributed by atoms with E-state index >= 15 is 0 Å². The molecule has 18 heavy (non-hydrogen) atoms. The Morgan fingerprint density at radius 1 is 1.44 bits per heavy atom. The zero-order chi connectivity index (χ0) is 13.5. The van der Waals surface area contributed by atoms with Crippen molar-refractivity contribution in [1.29, 1.82) is 5.26 Å². The van der Waals surface area contributed by atoms with Gasteiger partial charge in [-0.25, -0.2) is 0 Å².